The fourth-order valence-electron chi connectivity index (χ4n) is 7.31. The Labute approximate surface area is 277 Å². The zero-order valence-corrected chi connectivity index (χ0v) is 26.5. The Bertz CT molecular complexity index is 2280. The van der Waals surface area contributed by atoms with Crippen LogP contribution in [0.15, 0.2) is 76.1 Å². The number of ether oxygens (including phenoxy) is 1. The maximum Gasteiger partial charge on any atom is 0.434 e. The largest absolute Gasteiger partial charge is 0.493 e. The average Bonchev–Trinajstić information content (AvgIpc) is 3.90. The number of hydrogen-bond donors (Lipinski definition) is 2. The summed E-state index contributed by atoms with van der Waals surface area (Å²) in [5, 5.41) is 11.3. The molecule has 0 radical (unpaired) electrons. The number of anilines is 1. The van der Waals surface area contributed by atoms with Gasteiger partial charge in [-0.2, -0.15) is 0 Å². The predicted molar refractivity (Wildman–Crippen MR) is 179 cm³/mol. The molecule has 7 heterocycles. The lowest BCUT2D eigenvalue weighted by molar-refractivity contribution is 0.0776. The number of amides is 1. The molecule has 12 heteroatoms. The number of pyridine rings is 2. The number of aromatic nitrogens is 4. The van der Waals surface area contributed by atoms with Crippen LogP contribution in [0.4, 0.5) is 10.2 Å². The van der Waals surface area contributed by atoms with Crippen molar-refractivity contribution in [1.82, 2.24) is 25.1 Å². The van der Waals surface area contributed by atoms with E-state index in [1.807, 2.05) is 29.2 Å². The van der Waals surface area contributed by atoms with Crippen molar-refractivity contribution in [3.63, 3.8) is 0 Å². The number of aryl methyl sites for hydroxylation is 2. The second kappa shape index (κ2) is 11.4. The summed E-state index contributed by atoms with van der Waals surface area (Å²) in [5.41, 5.74) is 5.13. The Kier molecular flexibility index (Phi) is 6.85. The number of para-hydroxylation sites is 1. The minimum absolute atomic E-state index is 0.0180. The topological polar surface area (TPSA) is 126 Å². The molecule has 0 aliphatic carbocycles. The van der Waals surface area contributed by atoms with Crippen LogP contribution in [0.2, 0.25) is 0 Å². The van der Waals surface area contributed by atoms with Gasteiger partial charge in [0.25, 0.3) is 11.8 Å². The molecule has 1 fully saturated rings. The quantitative estimate of drug-likeness (QED) is 0.190. The lowest BCUT2D eigenvalue weighted by Gasteiger charge is -2.27. The SMILES string of the molecule is O=C1c2c(nc(CCc3ccc(F)cc3)c(-c3n[nH]c(=O)o3)c2-c2cc3ccnc(NC4CCOc5ccccc54)c3s2)C2CCCN12. The molecule has 48 heavy (non-hydrogen) atoms. The maximum atomic E-state index is 14.1. The molecular weight excluding hydrogens is 631 g/mol. The number of fused-ring (bicyclic) bond motifs is 5. The highest BCUT2D eigenvalue weighted by Crippen LogP contribution is 2.50. The number of benzene rings is 2. The van der Waals surface area contributed by atoms with Crippen LogP contribution in [-0.2, 0) is 12.8 Å². The molecule has 10 nitrogen and oxygen atoms in total. The molecule has 3 aliphatic rings. The normalized spacial score (nSPS) is 18.1. The van der Waals surface area contributed by atoms with Crippen molar-refractivity contribution in [1.29, 1.82) is 0 Å². The third-order valence-electron chi connectivity index (χ3n) is 9.51. The molecule has 4 aromatic heterocycles. The smallest absolute Gasteiger partial charge is 0.434 e. The first-order valence-electron chi connectivity index (χ1n) is 16.1. The van der Waals surface area contributed by atoms with Gasteiger partial charge in [-0.05, 0) is 67.0 Å². The molecule has 1 amide bonds. The van der Waals surface area contributed by atoms with E-state index in [1.54, 1.807) is 18.3 Å². The number of nitrogens with one attached hydrogen (secondary N) is 2. The first kappa shape index (κ1) is 28.8. The highest BCUT2D eigenvalue weighted by Gasteiger charge is 2.45. The summed E-state index contributed by atoms with van der Waals surface area (Å²) >= 11 is 1.53. The minimum atomic E-state index is -0.698. The Hall–Kier alpha value is -5.36. The zero-order chi connectivity index (χ0) is 32.4. The first-order chi connectivity index (χ1) is 23.5. The molecule has 2 N–H and O–H groups in total. The summed E-state index contributed by atoms with van der Waals surface area (Å²) in [6.45, 7) is 1.26. The van der Waals surface area contributed by atoms with E-state index in [-0.39, 0.29) is 29.7 Å². The van der Waals surface area contributed by atoms with E-state index < -0.39 is 5.76 Å². The fraction of sp³-hybridized carbons (Fsp3) is 0.250. The number of carbonyl (C=O) groups is 1. The molecule has 2 atom stereocenters. The van der Waals surface area contributed by atoms with E-state index in [2.05, 4.69) is 27.6 Å². The van der Waals surface area contributed by atoms with Gasteiger partial charge in [0.1, 0.15) is 17.4 Å². The molecule has 3 aliphatic heterocycles. The summed E-state index contributed by atoms with van der Waals surface area (Å²) in [7, 11) is 0. The van der Waals surface area contributed by atoms with Crippen LogP contribution in [0.3, 0.4) is 0 Å². The van der Waals surface area contributed by atoms with Crippen molar-refractivity contribution >= 4 is 33.1 Å². The third-order valence-corrected chi connectivity index (χ3v) is 10.7. The van der Waals surface area contributed by atoms with Crippen molar-refractivity contribution in [2.45, 2.75) is 44.2 Å². The van der Waals surface area contributed by atoms with E-state index in [1.165, 1.54) is 23.5 Å². The van der Waals surface area contributed by atoms with E-state index in [0.29, 0.717) is 48.4 Å². The highest BCUT2D eigenvalue weighted by atomic mass is 32.1. The van der Waals surface area contributed by atoms with Crippen LogP contribution in [0.1, 0.15) is 64.2 Å². The number of halogens is 1. The van der Waals surface area contributed by atoms with Gasteiger partial charge in [-0.15, -0.1) is 16.4 Å². The Morgan fingerprint density at radius 3 is 2.75 bits per heavy atom. The molecule has 0 bridgehead atoms. The Morgan fingerprint density at radius 2 is 1.90 bits per heavy atom. The summed E-state index contributed by atoms with van der Waals surface area (Å²) in [6, 6.07) is 18.4. The maximum absolute atomic E-state index is 14.1. The van der Waals surface area contributed by atoms with Crippen molar-refractivity contribution in [2.75, 3.05) is 18.5 Å². The van der Waals surface area contributed by atoms with Crippen LogP contribution in [0.5, 0.6) is 5.75 Å². The van der Waals surface area contributed by atoms with Crippen LogP contribution in [0, 0.1) is 5.82 Å². The van der Waals surface area contributed by atoms with Gasteiger partial charge in [-0.3, -0.25) is 9.78 Å². The standard InChI is InChI=1S/C36H29FN6O4S/c37-21-10-7-19(8-11-21)9-12-24-28(34-41-42-36(45)47-34)29(30-31(39-24)25-5-3-16-43(25)35(30)44)27-18-20-13-15-38-33(32(20)48-27)40-23-14-17-46-26-6-2-1-4-22(23)26/h1-2,4,6-8,10-11,13,15,18,23,25H,3,5,9,12,14,16-17H2,(H,38,40)(H,42,45). The fourth-order valence-corrected chi connectivity index (χ4v) is 8.47. The summed E-state index contributed by atoms with van der Waals surface area (Å²) in [5.74, 6) is 0.609. The molecule has 1 saturated heterocycles. The highest BCUT2D eigenvalue weighted by molar-refractivity contribution is 7.23. The van der Waals surface area contributed by atoms with Gasteiger partial charge in [0, 0.05) is 35.2 Å². The van der Waals surface area contributed by atoms with Crippen LogP contribution < -0.4 is 15.8 Å². The zero-order valence-electron chi connectivity index (χ0n) is 25.7. The van der Waals surface area contributed by atoms with Gasteiger partial charge >= 0.3 is 5.76 Å². The summed E-state index contributed by atoms with van der Waals surface area (Å²) < 4.78 is 26.1. The van der Waals surface area contributed by atoms with Crippen molar-refractivity contribution in [3.8, 4) is 27.6 Å². The molecule has 6 aromatic rings. The molecule has 0 saturated carbocycles. The summed E-state index contributed by atoms with van der Waals surface area (Å²) in [6.07, 6.45) is 5.33. The molecule has 240 valence electrons. The predicted octanol–water partition coefficient (Wildman–Crippen LogP) is 6.85. The monoisotopic (exact) mass is 660 g/mol. The molecular formula is C36H29FN6O4S. The number of H-pyrrole nitrogens is 1. The number of aromatic amines is 1. The van der Waals surface area contributed by atoms with Gasteiger partial charge < -0.3 is 19.4 Å². The van der Waals surface area contributed by atoms with E-state index in [0.717, 1.165) is 62.6 Å². The molecule has 2 unspecified atom stereocenters. The Balaban J connectivity index is 1.22. The lowest BCUT2D eigenvalue weighted by atomic mass is 9.93. The number of rotatable bonds is 7. The van der Waals surface area contributed by atoms with Crippen LogP contribution >= 0.6 is 11.3 Å². The molecule has 0 spiro atoms. The lowest BCUT2D eigenvalue weighted by Crippen LogP contribution is -2.22. The Morgan fingerprint density at radius 1 is 1.02 bits per heavy atom. The molecule has 9 rings (SSSR count). The van der Waals surface area contributed by atoms with Gasteiger partial charge in [-0.25, -0.2) is 19.3 Å². The van der Waals surface area contributed by atoms with Crippen molar-refractivity contribution in [2.24, 2.45) is 0 Å². The second-order valence-corrected chi connectivity index (χ2v) is 13.4. The van der Waals surface area contributed by atoms with Crippen molar-refractivity contribution < 1.29 is 18.3 Å². The van der Waals surface area contributed by atoms with Gasteiger partial charge in [0.05, 0.1) is 45.9 Å². The van der Waals surface area contributed by atoms with E-state index in [9.17, 15) is 14.0 Å². The van der Waals surface area contributed by atoms with Crippen LogP contribution in [0.25, 0.3) is 32.0 Å². The average molecular weight is 661 g/mol. The van der Waals surface area contributed by atoms with Gasteiger partial charge in [-0.1, -0.05) is 30.3 Å². The molecule has 2 aromatic carbocycles. The van der Waals surface area contributed by atoms with E-state index in [4.69, 9.17) is 19.1 Å². The first-order valence-corrected chi connectivity index (χ1v) is 16.9. The summed E-state index contributed by atoms with van der Waals surface area (Å²) in [4.78, 5) is 39.1. The number of hydrogen-bond acceptors (Lipinski definition) is 9. The number of nitrogens with zero attached hydrogens (tertiary/aromatic N) is 4. The van der Waals surface area contributed by atoms with Gasteiger partial charge in [0.2, 0.25) is 0 Å². The van der Waals surface area contributed by atoms with Crippen LogP contribution in [-0.4, -0.2) is 44.1 Å². The minimum Gasteiger partial charge on any atom is -0.493 e. The van der Waals surface area contributed by atoms with Gasteiger partial charge in [0.15, 0.2) is 0 Å². The number of thiophene rings is 1. The number of carbonyl (C=O) groups excluding carboxylic acids is 1. The van der Waals surface area contributed by atoms with Crippen molar-refractivity contribution in [3.05, 3.63) is 111 Å². The third kappa shape index (κ3) is 4.78. The second-order valence-electron chi connectivity index (χ2n) is 12.3. The van der Waals surface area contributed by atoms with E-state index >= 15 is 0 Å².